The standard InChI is InChI=1S/3C10H12N2O6S2.2CH4/c1-8-2-4-10(5-3-8)20-19-7-9(18-12(15)16)6-17-11(13)14;1-8-3-2-4-10(5-8)20-19-7-9(18-12(15)16)6-17-11(13)14;1-8-4-2-3-5-10(8)20-19-7-9(18-12(15)16)6-17-11(13)14;;/h3*2-5,9H,6-7H2,1H3;2*1H4. The molecule has 0 aliphatic rings. The molecule has 24 nitrogen and oxygen atoms in total. The third kappa shape index (κ3) is 31.8. The highest BCUT2D eigenvalue weighted by Gasteiger charge is 2.18. The summed E-state index contributed by atoms with van der Waals surface area (Å²) >= 11 is 0. The summed E-state index contributed by atoms with van der Waals surface area (Å²) in [6.45, 7) is 4.44. The first-order valence-electron chi connectivity index (χ1n) is 16.3. The van der Waals surface area contributed by atoms with Gasteiger partial charge >= 0.3 is 0 Å². The summed E-state index contributed by atoms with van der Waals surface area (Å²) in [5.41, 5.74) is 3.32. The summed E-state index contributed by atoms with van der Waals surface area (Å²) in [6, 6.07) is 23.1. The van der Waals surface area contributed by atoms with Gasteiger partial charge < -0.3 is 29.0 Å². The lowest BCUT2D eigenvalue weighted by atomic mass is 10.2. The van der Waals surface area contributed by atoms with E-state index >= 15 is 0 Å². The minimum absolute atomic E-state index is 0. The van der Waals surface area contributed by atoms with Gasteiger partial charge in [0.1, 0.15) is 38.1 Å². The highest BCUT2D eigenvalue weighted by Crippen LogP contribution is 2.34. The molecule has 0 spiro atoms. The normalized spacial score (nSPS) is 11.3. The molecule has 0 N–H and O–H groups in total. The van der Waals surface area contributed by atoms with E-state index in [1.807, 2.05) is 93.6 Å². The van der Waals surface area contributed by atoms with E-state index in [-0.39, 0.29) is 32.1 Å². The van der Waals surface area contributed by atoms with Crippen molar-refractivity contribution in [2.24, 2.45) is 0 Å². The van der Waals surface area contributed by atoms with E-state index in [0.29, 0.717) is 0 Å². The number of benzene rings is 3. The van der Waals surface area contributed by atoms with Crippen LogP contribution in [0.4, 0.5) is 0 Å². The molecule has 0 saturated carbocycles. The van der Waals surface area contributed by atoms with Crippen LogP contribution in [0.5, 0.6) is 0 Å². The Balaban J connectivity index is 0. The van der Waals surface area contributed by atoms with Crippen molar-refractivity contribution >= 4 is 64.8 Å². The third-order valence-electron chi connectivity index (χ3n) is 6.13. The Morgan fingerprint density at radius 1 is 0.468 bits per heavy atom. The van der Waals surface area contributed by atoms with Crippen LogP contribution in [-0.4, -0.2) is 85.9 Å². The zero-order valence-corrected chi connectivity index (χ0v) is 36.3. The zero-order chi connectivity index (χ0) is 44.9. The first-order chi connectivity index (χ1) is 28.4. The summed E-state index contributed by atoms with van der Waals surface area (Å²) in [5, 5.41) is 55.1. The minimum Gasteiger partial charge on any atom is -0.312 e. The van der Waals surface area contributed by atoms with Crippen LogP contribution in [0.25, 0.3) is 0 Å². The third-order valence-corrected chi connectivity index (χ3v) is 13.5. The SMILES string of the molecule is C.C.Cc1ccc(SSCC(CO[N+](=O)[O-])O[N+](=O)[O-])cc1.Cc1cccc(SSCC(CO[N+](=O)[O-])O[N+](=O)[O-])c1.Cc1ccccc1SSCC(CO[N+](=O)[O-])O[N+](=O)[O-]. The zero-order valence-electron chi connectivity index (χ0n) is 31.4. The molecule has 0 heterocycles. The molecule has 0 fully saturated rings. The van der Waals surface area contributed by atoms with Crippen LogP contribution in [-0.2, 0) is 29.0 Å². The van der Waals surface area contributed by atoms with E-state index in [1.165, 1.54) is 64.8 Å². The van der Waals surface area contributed by atoms with E-state index in [4.69, 9.17) is 0 Å². The highest BCUT2D eigenvalue weighted by molar-refractivity contribution is 8.77. The maximum atomic E-state index is 10.3. The maximum Gasteiger partial charge on any atom is 0.294 e. The van der Waals surface area contributed by atoms with Gasteiger partial charge in [0.2, 0.25) is 0 Å². The average molecular weight is 993 g/mol. The molecule has 3 rings (SSSR count). The second-order valence-corrected chi connectivity index (χ2v) is 18.1. The van der Waals surface area contributed by atoms with Crippen LogP contribution < -0.4 is 0 Å². The Kier molecular flexibility index (Phi) is 32.9. The first kappa shape index (κ1) is 59.1. The predicted molar refractivity (Wildman–Crippen MR) is 236 cm³/mol. The molecular formula is C32H44N6O18S6. The second-order valence-electron chi connectivity index (χ2n) is 10.9. The second kappa shape index (κ2) is 34.5. The molecule has 0 aliphatic heterocycles. The summed E-state index contributed by atoms with van der Waals surface area (Å²) in [5.74, 6) is 0.564. The van der Waals surface area contributed by atoms with E-state index in [0.717, 1.165) is 31.4 Å². The van der Waals surface area contributed by atoms with Gasteiger partial charge in [-0.2, -0.15) is 0 Å². The summed E-state index contributed by atoms with van der Waals surface area (Å²) < 4.78 is 0. The summed E-state index contributed by atoms with van der Waals surface area (Å²) in [7, 11) is 8.15. The van der Waals surface area contributed by atoms with Gasteiger partial charge in [0.25, 0.3) is 30.5 Å². The van der Waals surface area contributed by atoms with Gasteiger partial charge in [-0.3, -0.25) is 0 Å². The van der Waals surface area contributed by atoms with Crippen molar-refractivity contribution < 1.29 is 59.5 Å². The molecule has 0 saturated heterocycles. The topological polar surface area (TPSA) is 314 Å². The van der Waals surface area contributed by atoms with Gasteiger partial charge in [-0.1, -0.05) is 128 Å². The molecular weight excluding hydrogens is 949 g/mol. The monoisotopic (exact) mass is 992 g/mol. The number of hydrogen-bond donors (Lipinski definition) is 0. The minimum atomic E-state index is -1.01. The average Bonchev–Trinajstić information content (AvgIpc) is 3.16. The number of nitrogens with zero attached hydrogens (tertiary/aromatic N) is 6. The summed E-state index contributed by atoms with van der Waals surface area (Å²) in [4.78, 5) is 89.3. The van der Waals surface area contributed by atoms with Crippen molar-refractivity contribution in [1.82, 2.24) is 0 Å². The molecule has 0 radical (unpaired) electrons. The molecule has 3 aromatic carbocycles. The fourth-order valence-corrected chi connectivity index (χ4v) is 10.4. The largest absolute Gasteiger partial charge is 0.312 e. The number of rotatable bonds is 27. The Hall–Kier alpha value is -5.04. The quantitative estimate of drug-likeness (QED) is 0.0391. The molecule has 30 heteroatoms. The van der Waals surface area contributed by atoms with Crippen LogP contribution >= 0.6 is 64.8 Å². The van der Waals surface area contributed by atoms with E-state index in [2.05, 4.69) is 29.0 Å². The molecule has 3 aromatic rings. The molecule has 0 amide bonds. The van der Waals surface area contributed by atoms with Gasteiger partial charge in [-0.15, -0.1) is 60.7 Å². The number of aryl methyl sites for hydroxylation is 3. The van der Waals surface area contributed by atoms with E-state index in [1.54, 1.807) is 0 Å². The molecule has 3 atom stereocenters. The Labute approximate surface area is 378 Å². The molecule has 3 unspecified atom stereocenters. The lowest BCUT2D eigenvalue weighted by Gasteiger charge is -2.13. The maximum absolute atomic E-state index is 10.3. The highest BCUT2D eigenvalue weighted by atomic mass is 33.1. The van der Waals surface area contributed by atoms with Crippen LogP contribution in [0.1, 0.15) is 31.5 Å². The molecule has 346 valence electrons. The smallest absolute Gasteiger partial charge is 0.294 e. The first-order valence-corrected chi connectivity index (χ1v) is 23.2. The van der Waals surface area contributed by atoms with Gasteiger partial charge in [-0.25, -0.2) is 0 Å². The fraction of sp³-hybridized carbons (Fsp3) is 0.438. The van der Waals surface area contributed by atoms with Crippen LogP contribution in [0, 0.1) is 81.5 Å². The summed E-state index contributed by atoms with van der Waals surface area (Å²) in [6.07, 6.45) is -2.96. The van der Waals surface area contributed by atoms with Crippen molar-refractivity contribution in [3.63, 3.8) is 0 Å². The van der Waals surface area contributed by atoms with Gasteiger partial charge in [-0.05, 0) is 62.2 Å². The lowest BCUT2D eigenvalue weighted by Crippen LogP contribution is -2.26. The van der Waals surface area contributed by atoms with Crippen molar-refractivity contribution in [3.05, 3.63) is 150 Å². The lowest BCUT2D eigenvalue weighted by molar-refractivity contribution is -0.788. The molecule has 0 aromatic heterocycles. The van der Waals surface area contributed by atoms with Gasteiger partial charge in [0, 0.05) is 31.9 Å². The van der Waals surface area contributed by atoms with E-state index < -0.39 is 68.7 Å². The van der Waals surface area contributed by atoms with Crippen LogP contribution in [0.2, 0.25) is 0 Å². The van der Waals surface area contributed by atoms with Crippen LogP contribution in [0.3, 0.4) is 0 Å². The molecule has 62 heavy (non-hydrogen) atoms. The number of hydrogen-bond acceptors (Lipinski definition) is 24. The predicted octanol–water partition coefficient (Wildman–Crippen LogP) is 8.83. The Morgan fingerprint density at radius 3 is 1.26 bits per heavy atom. The van der Waals surface area contributed by atoms with Crippen molar-refractivity contribution in [1.29, 1.82) is 0 Å². The van der Waals surface area contributed by atoms with Crippen molar-refractivity contribution in [2.45, 2.75) is 68.6 Å². The van der Waals surface area contributed by atoms with Gasteiger partial charge in [0.05, 0.1) is 0 Å². The Bertz CT molecular complexity index is 1810. The Morgan fingerprint density at radius 2 is 0.871 bits per heavy atom. The van der Waals surface area contributed by atoms with Gasteiger partial charge in [0.15, 0.2) is 0 Å². The molecule has 0 bridgehead atoms. The van der Waals surface area contributed by atoms with Crippen molar-refractivity contribution in [3.8, 4) is 0 Å². The van der Waals surface area contributed by atoms with Crippen LogP contribution in [0.15, 0.2) is 87.5 Å². The molecule has 0 aliphatic carbocycles. The van der Waals surface area contributed by atoms with E-state index in [9.17, 15) is 60.7 Å². The fourth-order valence-electron chi connectivity index (χ4n) is 3.56. The van der Waals surface area contributed by atoms with Crippen molar-refractivity contribution in [2.75, 3.05) is 37.1 Å².